The molecule has 8 nitrogen and oxygen atoms in total. The maximum atomic E-state index is 11.5. The maximum absolute atomic E-state index is 11.5. The number of aryl methyl sites for hydroxylation is 2. The van der Waals surface area contributed by atoms with E-state index in [1.807, 2.05) is 6.20 Å². The number of fused-ring (bicyclic) bond motifs is 1. The first-order chi connectivity index (χ1) is 21.5. The molecule has 0 unspecified atom stereocenters. The summed E-state index contributed by atoms with van der Waals surface area (Å²) in [6.45, 7) is 7.52. The zero-order valence-electron chi connectivity index (χ0n) is 26.3. The molecule has 2 aliphatic carbocycles. The number of nitrogens with zero attached hydrogens (tertiary/aromatic N) is 4. The number of thiazole rings is 1. The number of carboxylic acid groups (broad SMARTS) is 1. The Bertz CT molecular complexity index is 1380. The van der Waals surface area contributed by atoms with Crippen LogP contribution in [0.3, 0.4) is 0 Å². The van der Waals surface area contributed by atoms with E-state index < -0.39 is 5.97 Å². The Morgan fingerprint density at radius 2 is 1.82 bits per heavy atom. The number of rotatable bonds is 11. The number of aromatic nitrogens is 3. The average molecular weight is 617 g/mol. The molecule has 1 saturated heterocycles. The molecule has 44 heavy (non-hydrogen) atoms. The van der Waals surface area contributed by atoms with Crippen LogP contribution in [-0.2, 0) is 17.6 Å². The number of hydrogen-bond donors (Lipinski definition) is 3. The van der Waals surface area contributed by atoms with Crippen molar-refractivity contribution in [1.29, 1.82) is 0 Å². The molecule has 1 aliphatic heterocycles. The van der Waals surface area contributed by atoms with Crippen molar-refractivity contribution < 1.29 is 9.90 Å². The van der Waals surface area contributed by atoms with Gasteiger partial charge >= 0.3 is 5.97 Å². The van der Waals surface area contributed by atoms with E-state index in [0.717, 1.165) is 87.5 Å². The Balaban J connectivity index is 1.29. The van der Waals surface area contributed by atoms with Crippen molar-refractivity contribution in [1.82, 2.24) is 19.9 Å². The van der Waals surface area contributed by atoms with Gasteiger partial charge in [-0.05, 0) is 102 Å². The summed E-state index contributed by atoms with van der Waals surface area (Å²) in [4.78, 5) is 30.4. The zero-order chi connectivity index (χ0) is 30.5. The lowest BCUT2D eigenvalue weighted by atomic mass is 9.78. The molecule has 6 rings (SSSR count). The predicted octanol–water partition coefficient (Wildman–Crippen LogP) is 7.23. The van der Waals surface area contributed by atoms with E-state index >= 15 is 0 Å². The Kier molecular flexibility index (Phi) is 10.1. The molecule has 9 heteroatoms. The summed E-state index contributed by atoms with van der Waals surface area (Å²) in [5, 5.41) is 18.3. The van der Waals surface area contributed by atoms with Crippen LogP contribution in [-0.4, -0.2) is 56.6 Å². The van der Waals surface area contributed by atoms with E-state index in [1.165, 1.54) is 35.3 Å². The highest BCUT2D eigenvalue weighted by molar-refractivity contribution is 7.11. The average Bonchev–Trinajstić information content (AvgIpc) is 3.50. The minimum Gasteiger partial charge on any atom is -0.481 e. The number of carbonyl (C=O) groups is 1. The molecular formula is C35H48N6O2S. The molecule has 0 spiro atoms. The van der Waals surface area contributed by atoms with E-state index in [2.05, 4.69) is 64.7 Å². The van der Waals surface area contributed by atoms with Crippen LogP contribution in [0.15, 0.2) is 36.5 Å². The lowest BCUT2D eigenvalue weighted by Crippen LogP contribution is -2.36. The third-order valence-corrected chi connectivity index (χ3v) is 11.2. The highest BCUT2D eigenvalue weighted by Gasteiger charge is 2.32. The lowest BCUT2D eigenvalue weighted by Gasteiger charge is -2.34. The second-order valence-corrected chi connectivity index (χ2v) is 14.4. The Labute approximate surface area is 266 Å². The number of piperidine rings is 1. The van der Waals surface area contributed by atoms with Gasteiger partial charge in [-0.2, -0.15) is 4.98 Å². The third-order valence-electron chi connectivity index (χ3n) is 10.2. The van der Waals surface area contributed by atoms with Crippen molar-refractivity contribution in [2.45, 2.75) is 102 Å². The van der Waals surface area contributed by atoms with Crippen molar-refractivity contribution in [2.75, 3.05) is 30.3 Å². The summed E-state index contributed by atoms with van der Waals surface area (Å²) in [5.74, 6) is 1.68. The normalized spacial score (nSPS) is 23.8. The summed E-state index contributed by atoms with van der Waals surface area (Å²) in [5.41, 5.74) is 3.78. The smallest absolute Gasteiger partial charge is 0.306 e. The van der Waals surface area contributed by atoms with Gasteiger partial charge in [0.05, 0.1) is 22.7 Å². The minimum absolute atomic E-state index is 0.108. The SMILES string of the molecule is CC[C@@H](Nc1nc2c(c(N[C@@H](CN3CCCCC3)c3cnc(C)s3)n1)C[C@H](c1ccccc1)CC2)C1CCC(C(=O)O)CC1. The summed E-state index contributed by atoms with van der Waals surface area (Å²) in [6.07, 6.45) is 13.1. The van der Waals surface area contributed by atoms with Crippen molar-refractivity contribution in [3.05, 3.63) is 63.2 Å². The molecule has 0 bridgehead atoms. The number of nitrogens with one attached hydrogen (secondary N) is 2. The molecule has 0 amide bonds. The molecule has 3 heterocycles. The number of hydrogen-bond acceptors (Lipinski definition) is 8. The molecule has 0 radical (unpaired) electrons. The highest BCUT2D eigenvalue weighted by Crippen LogP contribution is 2.38. The fraction of sp³-hybridized carbons (Fsp3) is 0.600. The minimum atomic E-state index is -0.651. The van der Waals surface area contributed by atoms with E-state index in [9.17, 15) is 9.90 Å². The number of aliphatic carboxylic acids is 1. The van der Waals surface area contributed by atoms with Gasteiger partial charge in [0.1, 0.15) is 5.82 Å². The van der Waals surface area contributed by atoms with E-state index in [4.69, 9.17) is 9.97 Å². The summed E-state index contributed by atoms with van der Waals surface area (Å²) in [6, 6.07) is 11.2. The third kappa shape index (κ3) is 7.42. The zero-order valence-corrected chi connectivity index (χ0v) is 27.1. The van der Waals surface area contributed by atoms with Gasteiger partial charge in [-0.1, -0.05) is 43.7 Å². The highest BCUT2D eigenvalue weighted by atomic mass is 32.1. The monoisotopic (exact) mass is 616 g/mol. The van der Waals surface area contributed by atoms with Crippen LogP contribution in [0, 0.1) is 18.8 Å². The standard InChI is InChI=1S/C35H48N6O2S/c1-3-29(25-12-14-26(15-13-25)34(42)43)38-35-39-30-17-16-27(24-10-6-4-7-11-24)20-28(30)33(40-35)37-31(32-21-36-23(2)44-32)22-41-18-8-5-9-19-41/h4,6-7,10-11,21,25-27,29,31H,3,5,8-9,12-20,22H2,1-2H3,(H,42,43)(H2,37,38,39,40)/t25?,26?,27-,29-,31+/m1/s1. The number of benzene rings is 1. The van der Waals surface area contributed by atoms with Crippen molar-refractivity contribution >= 4 is 29.1 Å². The topological polar surface area (TPSA) is 103 Å². The van der Waals surface area contributed by atoms with Crippen LogP contribution in [0.5, 0.6) is 0 Å². The van der Waals surface area contributed by atoms with Crippen LogP contribution in [0.2, 0.25) is 0 Å². The van der Waals surface area contributed by atoms with Gasteiger partial charge in [0.25, 0.3) is 0 Å². The van der Waals surface area contributed by atoms with E-state index in [1.54, 1.807) is 11.3 Å². The number of likely N-dealkylation sites (tertiary alicyclic amines) is 1. The molecule has 1 saturated carbocycles. The van der Waals surface area contributed by atoms with E-state index in [0.29, 0.717) is 17.8 Å². The van der Waals surface area contributed by atoms with Crippen LogP contribution in [0.1, 0.15) is 103 Å². The predicted molar refractivity (Wildman–Crippen MR) is 178 cm³/mol. The van der Waals surface area contributed by atoms with Crippen LogP contribution in [0.4, 0.5) is 11.8 Å². The molecule has 3 N–H and O–H groups in total. The number of anilines is 2. The first-order valence-corrected chi connectivity index (χ1v) is 17.6. The van der Waals surface area contributed by atoms with Gasteiger partial charge in [-0.15, -0.1) is 11.3 Å². The fourth-order valence-electron chi connectivity index (χ4n) is 7.60. The van der Waals surface area contributed by atoms with Gasteiger partial charge < -0.3 is 20.6 Å². The van der Waals surface area contributed by atoms with Crippen molar-refractivity contribution in [2.24, 2.45) is 11.8 Å². The maximum Gasteiger partial charge on any atom is 0.306 e. The summed E-state index contributed by atoms with van der Waals surface area (Å²) < 4.78 is 0. The largest absolute Gasteiger partial charge is 0.481 e. The second kappa shape index (κ2) is 14.4. The van der Waals surface area contributed by atoms with Crippen molar-refractivity contribution in [3.63, 3.8) is 0 Å². The molecular weight excluding hydrogens is 568 g/mol. The van der Waals surface area contributed by atoms with Crippen LogP contribution < -0.4 is 10.6 Å². The van der Waals surface area contributed by atoms with Gasteiger partial charge in [0.2, 0.25) is 5.95 Å². The Hall–Kier alpha value is -3.04. The molecule has 2 aromatic heterocycles. The fourth-order valence-corrected chi connectivity index (χ4v) is 8.43. The van der Waals surface area contributed by atoms with Crippen LogP contribution in [0.25, 0.3) is 0 Å². The molecule has 3 aliphatic rings. The molecule has 236 valence electrons. The van der Waals surface area contributed by atoms with Gasteiger partial charge in [-0.25, -0.2) is 9.97 Å². The summed E-state index contributed by atoms with van der Waals surface area (Å²) >= 11 is 1.78. The van der Waals surface area contributed by atoms with Gasteiger partial charge in [0, 0.05) is 29.2 Å². The summed E-state index contributed by atoms with van der Waals surface area (Å²) in [7, 11) is 0. The van der Waals surface area contributed by atoms with E-state index in [-0.39, 0.29) is 18.0 Å². The Morgan fingerprint density at radius 1 is 1.05 bits per heavy atom. The second-order valence-electron chi connectivity index (χ2n) is 13.1. The Morgan fingerprint density at radius 3 is 2.50 bits per heavy atom. The first-order valence-electron chi connectivity index (χ1n) is 16.8. The molecule has 3 aromatic rings. The molecule has 2 fully saturated rings. The van der Waals surface area contributed by atoms with Crippen molar-refractivity contribution in [3.8, 4) is 0 Å². The number of carboxylic acids is 1. The molecule has 3 atom stereocenters. The molecule has 1 aromatic carbocycles. The quantitative estimate of drug-likeness (QED) is 0.207. The van der Waals surface area contributed by atoms with Gasteiger partial charge in [0.15, 0.2) is 0 Å². The van der Waals surface area contributed by atoms with Crippen LogP contribution >= 0.6 is 11.3 Å². The lowest BCUT2D eigenvalue weighted by molar-refractivity contribution is -0.143. The van der Waals surface area contributed by atoms with Gasteiger partial charge in [-0.3, -0.25) is 4.79 Å². The first kappa shape index (κ1) is 31.0.